The summed E-state index contributed by atoms with van der Waals surface area (Å²) < 4.78 is 10.5. The summed E-state index contributed by atoms with van der Waals surface area (Å²) >= 11 is 11.7. The first-order valence-electron chi connectivity index (χ1n) is 7.29. The average molecular weight is 375 g/mol. The van der Waals surface area contributed by atoms with E-state index in [4.69, 9.17) is 32.4 Å². The first kappa shape index (κ1) is 17.2. The maximum absolute atomic E-state index is 11.8. The van der Waals surface area contributed by atoms with Crippen molar-refractivity contribution < 1.29 is 13.9 Å². The predicted molar refractivity (Wildman–Crippen MR) is 95.0 cm³/mol. The Labute approximate surface area is 153 Å². The average Bonchev–Trinajstić information content (AvgIpc) is 3.11. The highest BCUT2D eigenvalue weighted by Crippen LogP contribution is 2.23. The number of halogens is 2. The van der Waals surface area contributed by atoms with Gasteiger partial charge < -0.3 is 9.15 Å². The Kier molecular flexibility index (Phi) is 5.48. The molecule has 0 N–H and O–H groups in total. The van der Waals surface area contributed by atoms with Crippen molar-refractivity contribution in [1.29, 1.82) is 0 Å². The van der Waals surface area contributed by atoms with E-state index >= 15 is 0 Å². The van der Waals surface area contributed by atoms with Crippen molar-refractivity contribution in [3.05, 3.63) is 76.1 Å². The van der Waals surface area contributed by atoms with Crippen molar-refractivity contribution in [2.24, 2.45) is 0 Å². The summed E-state index contributed by atoms with van der Waals surface area (Å²) in [7, 11) is 0. The van der Waals surface area contributed by atoms with Crippen LogP contribution in [-0.4, -0.2) is 16.2 Å². The van der Waals surface area contributed by atoms with E-state index in [1.807, 2.05) is 30.3 Å². The van der Waals surface area contributed by atoms with Crippen LogP contribution in [0.2, 0.25) is 10.0 Å². The zero-order valence-electron chi connectivity index (χ0n) is 12.9. The Morgan fingerprint density at radius 1 is 1.08 bits per heavy atom. The minimum atomic E-state index is -0.537. The van der Waals surface area contributed by atoms with E-state index in [0.29, 0.717) is 15.9 Å². The molecule has 2 aromatic carbocycles. The van der Waals surface area contributed by atoms with Crippen LogP contribution in [0.5, 0.6) is 0 Å². The summed E-state index contributed by atoms with van der Waals surface area (Å²) in [5, 5.41) is 8.64. The van der Waals surface area contributed by atoms with E-state index in [9.17, 15) is 4.79 Å². The molecule has 0 spiro atoms. The Bertz CT molecular complexity index is 908. The van der Waals surface area contributed by atoms with Gasteiger partial charge in [0.1, 0.15) is 0 Å². The summed E-state index contributed by atoms with van der Waals surface area (Å²) in [4.78, 5) is 11.8. The number of nitrogens with zero attached hydrogens (tertiary/aromatic N) is 2. The summed E-state index contributed by atoms with van der Waals surface area (Å²) in [6, 6.07) is 14.4. The molecule has 126 valence electrons. The van der Waals surface area contributed by atoms with E-state index in [1.54, 1.807) is 24.3 Å². The second-order valence-electron chi connectivity index (χ2n) is 4.98. The molecule has 0 unspecified atom stereocenters. The van der Waals surface area contributed by atoms with Gasteiger partial charge in [-0.05, 0) is 35.9 Å². The van der Waals surface area contributed by atoms with Crippen molar-refractivity contribution in [1.82, 2.24) is 10.2 Å². The maximum atomic E-state index is 11.8. The molecule has 0 bridgehead atoms. The lowest BCUT2D eigenvalue weighted by Gasteiger charge is -1.99. The Morgan fingerprint density at radius 3 is 2.64 bits per heavy atom. The van der Waals surface area contributed by atoms with Crippen LogP contribution in [0.4, 0.5) is 0 Å². The lowest BCUT2D eigenvalue weighted by atomic mass is 10.2. The molecule has 0 radical (unpaired) electrons. The normalized spacial score (nSPS) is 11.0. The van der Waals surface area contributed by atoms with Crippen molar-refractivity contribution in [2.75, 3.05) is 0 Å². The van der Waals surface area contributed by atoms with Crippen molar-refractivity contribution in [3.8, 4) is 11.5 Å². The van der Waals surface area contributed by atoms with Gasteiger partial charge in [0.2, 0.25) is 5.89 Å². The van der Waals surface area contributed by atoms with E-state index in [-0.39, 0.29) is 12.5 Å². The molecule has 0 aliphatic carbocycles. The van der Waals surface area contributed by atoms with Crippen LogP contribution in [-0.2, 0) is 16.1 Å². The van der Waals surface area contributed by atoms with Gasteiger partial charge in [-0.2, -0.15) is 0 Å². The molecule has 3 aromatic rings. The third-order valence-electron chi connectivity index (χ3n) is 3.18. The molecule has 0 saturated heterocycles. The predicted octanol–water partition coefficient (Wildman–Crippen LogP) is 4.80. The van der Waals surface area contributed by atoms with E-state index < -0.39 is 5.97 Å². The molecular formula is C18H12Cl2N2O3. The van der Waals surface area contributed by atoms with Crippen LogP contribution < -0.4 is 0 Å². The second kappa shape index (κ2) is 7.96. The number of esters is 1. The topological polar surface area (TPSA) is 65.2 Å². The Morgan fingerprint density at radius 2 is 1.88 bits per heavy atom. The van der Waals surface area contributed by atoms with Crippen LogP contribution >= 0.6 is 23.2 Å². The van der Waals surface area contributed by atoms with Crippen LogP contribution in [0.1, 0.15) is 11.5 Å². The number of carbonyl (C=O) groups excluding carboxylic acids is 1. The molecule has 5 nitrogen and oxygen atoms in total. The lowest BCUT2D eigenvalue weighted by Crippen LogP contribution is -2.00. The zero-order chi connectivity index (χ0) is 17.6. The van der Waals surface area contributed by atoms with Crippen LogP contribution in [0.25, 0.3) is 17.5 Å². The molecular weight excluding hydrogens is 363 g/mol. The third-order valence-corrected chi connectivity index (χ3v) is 3.92. The Hall–Kier alpha value is -2.63. The van der Waals surface area contributed by atoms with Gasteiger partial charge in [0.05, 0.1) is 10.0 Å². The third kappa shape index (κ3) is 4.68. The fourth-order valence-corrected chi connectivity index (χ4v) is 2.28. The summed E-state index contributed by atoms with van der Waals surface area (Å²) in [5.74, 6) is 0.0543. The number of hydrogen-bond acceptors (Lipinski definition) is 5. The molecule has 1 aromatic heterocycles. The monoisotopic (exact) mass is 374 g/mol. The van der Waals surface area contributed by atoms with Crippen LogP contribution in [0.15, 0.2) is 59.0 Å². The largest absolute Gasteiger partial charge is 0.452 e. The van der Waals surface area contributed by atoms with Gasteiger partial charge in [-0.3, -0.25) is 0 Å². The first-order chi connectivity index (χ1) is 12.1. The zero-order valence-corrected chi connectivity index (χ0v) is 14.4. The minimum absolute atomic E-state index is 0.107. The highest BCUT2D eigenvalue weighted by Gasteiger charge is 2.09. The highest BCUT2D eigenvalue weighted by atomic mass is 35.5. The summed E-state index contributed by atoms with van der Waals surface area (Å²) in [5.41, 5.74) is 1.53. The molecule has 0 aliphatic rings. The summed E-state index contributed by atoms with van der Waals surface area (Å²) in [6.07, 6.45) is 2.86. The van der Waals surface area contributed by atoms with Gasteiger partial charge >= 0.3 is 5.97 Å². The van der Waals surface area contributed by atoms with Gasteiger partial charge in [-0.25, -0.2) is 4.79 Å². The van der Waals surface area contributed by atoms with Crippen molar-refractivity contribution in [3.63, 3.8) is 0 Å². The van der Waals surface area contributed by atoms with Crippen LogP contribution in [0.3, 0.4) is 0 Å². The maximum Gasteiger partial charge on any atom is 0.331 e. The molecule has 25 heavy (non-hydrogen) atoms. The molecule has 0 fully saturated rings. The van der Waals surface area contributed by atoms with E-state index in [0.717, 1.165) is 11.1 Å². The number of rotatable bonds is 5. The van der Waals surface area contributed by atoms with E-state index in [2.05, 4.69) is 10.2 Å². The number of benzene rings is 2. The fraction of sp³-hybridized carbons (Fsp3) is 0.0556. The molecule has 0 aliphatic heterocycles. The van der Waals surface area contributed by atoms with Crippen molar-refractivity contribution >= 4 is 35.2 Å². The molecule has 0 saturated carbocycles. The number of hydrogen-bond donors (Lipinski definition) is 0. The molecule has 7 heteroatoms. The van der Waals surface area contributed by atoms with Gasteiger partial charge in [-0.15, -0.1) is 10.2 Å². The number of ether oxygens (including phenoxy) is 1. The molecule has 0 atom stereocenters. The fourth-order valence-electron chi connectivity index (χ4n) is 1.97. The Balaban J connectivity index is 1.56. The second-order valence-corrected chi connectivity index (χ2v) is 5.80. The standard InChI is InChI=1S/C18H12Cl2N2O3/c19-14-8-6-12(10-15(14)20)7-9-17(23)24-11-16-21-22-18(25-16)13-4-2-1-3-5-13/h1-10H,11H2/b9-7+. The van der Waals surface area contributed by atoms with Crippen molar-refractivity contribution in [2.45, 2.75) is 6.61 Å². The van der Waals surface area contributed by atoms with Gasteiger partial charge in [0.15, 0.2) is 6.61 Å². The smallest absolute Gasteiger partial charge is 0.331 e. The summed E-state index contributed by atoms with van der Waals surface area (Å²) in [6.45, 7) is -0.107. The molecule has 1 heterocycles. The SMILES string of the molecule is O=C(/C=C/c1ccc(Cl)c(Cl)c1)OCc1nnc(-c2ccccc2)o1. The molecule has 3 rings (SSSR count). The van der Waals surface area contributed by atoms with E-state index in [1.165, 1.54) is 6.08 Å². The molecule has 0 amide bonds. The number of aromatic nitrogens is 2. The minimum Gasteiger partial charge on any atom is -0.452 e. The quantitative estimate of drug-likeness (QED) is 0.473. The highest BCUT2D eigenvalue weighted by molar-refractivity contribution is 6.42. The van der Waals surface area contributed by atoms with Gasteiger partial charge in [-0.1, -0.05) is 47.5 Å². The lowest BCUT2D eigenvalue weighted by molar-refractivity contribution is -0.139. The number of carbonyl (C=O) groups is 1. The van der Waals surface area contributed by atoms with Gasteiger partial charge in [0, 0.05) is 11.6 Å². The van der Waals surface area contributed by atoms with Crippen LogP contribution in [0, 0.1) is 0 Å². The van der Waals surface area contributed by atoms with Gasteiger partial charge in [0.25, 0.3) is 5.89 Å². The first-order valence-corrected chi connectivity index (χ1v) is 8.05.